The van der Waals surface area contributed by atoms with Gasteiger partial charge in [-0.15, -0.1) is 10.2 Å². The highest BCUT2D eigenvalue weighted by Gasteiger charge is 2.20. The molecule has 0 radical (unpaired) electrons. The van der Waals surface area contributed by atoms with Crippen LogP contribution in [0.1, 0.15) is 52.5 Å². The first-order chi connectivity index (χ1) is 9.56. The Morgan fingerprint density at radius 3 is 2.80 bits per heavy atom. The largest absolute Gasteiger partial charge is 0.461 e. The Bertz CT molecular complexity index is 632. The van der Waals surface area contributed by atoms with Crippen LogP contribution >= 0.6 is 11.3 Å². The Balaban J connectivity index is 2.37. The lowest BCUT2D eigenvalue weighted by molar-refractivity contribution is 0.0517. The number of hydrogen-bond donors (Lipinski definition) is 0. The summed E-state index contributed by atoms with van der Waals surface area (Å²) in [7, 11) is 0. The molecule has 0 saturated carbocycles. The molecule has 2 aromatic rings. The lowest BCUT2D eigenvalue weighted by atomic mass is 10.2. The molecular formula is C12H14N4O3S. The number of ether oxygens (including phenoxy) is 1. The molecule has 2 heterocycles. The van der Waals surface area contributed by atoms with Gasteiger partial charge >= 0.3 is 5.97 Å². The maximum absolute atomic E-state index is 11.7. The van der Waals surface area contributed by atoms with Crippen molar-refractivity contribution < 1.29 is 14.3 Å². The predicted molar refractivity (Wildman–Crippen MR) is 72.5 cm³/mol. The SMILES string of the molecule is CCOC(=O)c1nn(-c2nnc(C(C)C)s2)cc1C=O. The third-order valence-electron chi connectivity index (χ3n) is 2.46. The normalized spacial score (nSPS) is 10.8. The number of aldehydes is 1. The van der Waals surface area contributed by atoms with Crippen LogP contribution in [0.5, 0.6) is 0 Å². The van der Waals surface area contributed by atoms with Crippen LogP contribution in [0.4, 0.5) is 0 Å². The molecule has 0 aliphatic carbocycles. The minimum atomic E-state index is -0.623. The third kappa shape index (κ3) is 2.74. The first kappa shape index (κ1) is 14.3. The molecule has 7 nitrogen and oxygen atoms in total. The van der Waals surface area contributed by atoms with Gasteiger partial charge in [0, 0.05) is 12.1 Å². The highest BCUT2D eigenvalue weighted by molar-refractivity contribution is 7.13. The molecule has 0 saturated heterocycles. The molecule has 8 heteroatoms. The highest BCUT2D eigenvalue weighted by Crippen LogP contribution is 2.22. The molecule has 0 aromatic carbocycles. The van der Waals surface area contributed by atoms with E-state index in [9.17, 15) is 9.59 Å². The van der Waals surface area contributed by atoms with Gasteiger partial charge in [-0.05, 0) is 6.92 Å². The van der Waals surface area contributed by atoms with Gasteiger partial charge in [-0.3, -0.25) is 4.79 Å². The summed E-state index contributed by atoms with van der Waals surface area (Å²) < 4.78 is 6.23. The molecule has 0 bridgehead atoms. The van der Waals surface area contributed by atoms with E-state index in [1.165, 1.54) is 22.2 Å². The third-order valence-corrected chi connectivity index (χ3v) is 3.67. The van der Waals surface area contributed by atoms with Crippen LogP contribution in [0.3, 0.4) is 0 Å². The van der Waals surface area contributed by atoms with Crippen LogP contribution in [0.15, 0.2) is 6.20 Å². The first-order valence-corrected chi connectivity index (χ1v) is 6.94. The number of nitrogens with zero attached hydrogens (tertiary/aromatic N) is 4. The van der Waals surface area contributed by atoms with Crippen molar-refractivity contribution in [2.45, 2.75) is 26.7 Å². The molecule has 0 amide bonds. The van der Waals surface area contributed by atoms with E-state index >= 15 is 0 Å². The number of carbonyl (C=O) groups is 2. The number of esters is 1. The van der Waals surface area contributed by atoms with E-state index in [2.05, 4.69) is 15.3 Å². The van der Waals surface area contributed by atoms with Crippen molar-refractivity contribution in [3.05, 3.63) is 22.5 Å². The summed E-state index contributed by atoms with van der Waals surface area (Å²) in [6.45, 7) is 5.93. The van der Waals surface area contributed by atoms with Crippen LogP contribution in [0, 0.1) is 0 Å². The second kappa shape index (κ2) is 5.91. The van der Waals surface area contributed by atoms with Gasteiger partial charge in [-0.2, -0.15) is 5.10 Å². The van der Waals surface area contributed by atoms with E-state index in [0.29, 0.717) is 11.4 Å². The second-order valence-electron chi connectivity index (χ2n) is 4.29. The molecule has 106 valence electrons. The standard InChI is InChI=1S/C12H14N4O3S/c1-4-19-11(18)9-8(6-17)5-16(15-9)12-14-13-10(20-12)7(2)3/h5-7H,4H2,1-3H3. The Morgan fingerprint density at radius 1 is 1.50 bits per heavy atom. The van der Waals surface area contributed by atoms with E-state index in [0.717, 1.165) is 5.01 Å². The van der Waals surface area contributed by atoms with E-state index in [-0.39, 0.29) is 23.8 Å². The molecule has 20 heavy (non-hydrogen) atoms. The fourth-order valence-electron chi connectivity index (χ4n) is 1.48. The van der Waals surface area contributed by atoms with Gasteiger partial charge in [-0.1, -0.05) is 25.2 Å². The predicted octanol–water partition coefficient (Wildman–Crippen LogP) is 1.84. The first-order valence-electron chi connectivity index (χ1n) is 6.12. The topological polar surface area (TPSA) is 87.0 Å². The quantitative estimate of drug-likeness (QED) is 0.617. The van der Waals surface area contributed by atoms with Crippen LogP contribution < -0.4 is 0 Å². The Kier molecular flexibility index (Phi) is 4.23. The van der Waals surface area contributed by atoms with Crippen molar-refractivity contribution in [1.29, 1.82) is 0 Å². The summed E-state index contributed by atoms with van der Waals surface area (Å²) in [4.78, 5) is 22.7. The molecule has 0 aliphatic heterocycles. The van der Waals surface area contributed by atoms with E-state index in [4.69, 9.17) is 4.74 Å². The van der Waals surface area contributed by atoms with Crippen molar-refractivity contribution in [3.63, 3.8) is 0 Å². The fraction of sp³-hybridized carbons (Fsp3) is 0.417. The Morgan fingerprint density at radius 2 is 2.25 bits per heavy atom. The van der Waals surface area contributed by atoms with Crippen molar-refractivity contribution in [1.82, 2.24) is 20.0 Å². The molecule has 0 N–H and O–H groups in total. The fourth-order valence-corrected chi connectivity index (χ4v) is 2.26. The summed E-state index contributed by atoms with van der Waals surface area (Å²) in [5, 5.41) is 13.5. The highest BCUT2D eigenvalue weighted by atomic mass is 32.1. The minimum Gasteiger partial charge on any atom is -0.461 e. The Hall–Kier alpha value is -2.09. The van der Waals surface area contributed by atoms with Gasteiger partial charge in [0.05, 0.1) is 12.2 Å². The lowest BCUT2D eigenvalue weighted by Crippen LogP contribution is -2.08. The average Bonchev–Trinajstić information content (AvgIpc) is 3.05. The van der Waals surface area contributed by atoms with E-state index in [1.54, 1.807) is 6.92 Å². The summed E-state index contributed by atoms with van der Waals surface area (Å²) in [5.41, 5.74) is 0.160. The van der Waals surface area contributed by atoms with Crippen LogP contribution in [-0.2, 0) is 4.74 Å². The van der Waals surface area contributed by atoms with Crippen molar-refractivity contribution in [2.24, 2.45) is 0 Å². The number of carbonyl (C=O) groups excluding carboxylic acids is 2. The Labute approximate surface area is 119 Å². The molecule has 0 fully saturated rings. The van der Waals surface area contributed by atoms with Gasteiger partial charge in [0.15, 0.2) is 12.0 Å². The summed E-state index contributed by atoms with van der Waals surface area (Å²) >= 11 is 1.36. The molecule has 0 unspecified atom stereocenters. The number of hydrogen-bond acceptors (Lipinski definition) is 7. The molecular weight excluding hydrogens is 280 g/mol. The minimum absolute atomic E-state index is 0.0110. The zero-order valence-corrected chi connectivity index (χ0v) is 12.2. The monoisotopic (exact) mass is 294 g/mol. The van der Waals surface area contributed by atoms with E-state index in [1.807, 2.05) is 13.8 Å². The molecule has 0 spiro atoms. The molecule has 0 atom stereocenters. The zero-order chi connectivity index (χ0) is 14.7. The van der Waals surface area contributed by atoms with Gasteiger partial charge in [0.1, 0.15) is 5.01 Å². The lowest BCUT2D eigenvalue weighted by Gasteiger charge is -1.97. The maximum atomic E-state index is 11.7. The summed E-state index contributed by atoms with van der Waals surface area (Å²) in [5.74, 6) is -0.367. The number of rotatable bonds is 5. The van der Waals surface area contributed by atoms with Crippen LogP contribution in [0.25, 0.3) is 5.13 Å². The van der Waals surface area contributed by atoms with Crippen molar-refractivity contribution >= 4 is 23.6 Å². The second-order valence-corrected chi connectivity index (χ2v) is 5.28. The van der Waals surface area contributed by atoms with Gasteiger partial charge in [0.2, 0.25) is 5.13 Å². The van der Waals surface area contributed by atoms with Gasteiger partial charge in [-0.25, -0.2) is 9.48 Å². The smallest absolute Gasteiger partial charge is 0.359 e. The van der Waals surface area contributed by atoms with Crippen molar-refractivity contribution in [2.75, 3.05) is 6.61 Å². The summed E-state index contributed by atoms with van der Waals surface area (Å²) in [6, 6.07) is 0. The molecule has 0 aliphatic rings. The number of aromatic nitrogens is 4. The van der Waals surface area contributed by atoms with Gasteiger partial charge < -0.3 is 4.74 Å². The zero-order valence-electron chi connectivity index (χ0n) is 11.4. The average molecular weight is 294 g/mol. The van der Waals surface area contributed by atoms with Gasteiger partial charge in [0.25, 0.3) is 0 Å². The van der Waals surface area contributed by atoms with E-state index < -0.39 is 5.97 Å². The molecule has 2 aromatic heterocycles. The van der Waals surface area contributed by atoms with Crippen molar-refractivity contribution in [3.8, 4) is 5.13 Å². The maximum Gasteiger partial charge on any atom is 0.359 e. The van der Waals surface area contributed by atoms with Crippen LogP contribution in [-0.4, -0.2) is 38.8 Å². The summed E-state index contributed by atoms with van der Waals surface area (Å²) in [6.07, 6.45) is 2.02. The van der Waals surface area contributed by atoms with Crippen LogP contribution in [0.2, 0.25) is 0 Å². The molecule has 2 rings (SSSR count).